The Bertz CT molecular complexity index is 852. The fourth-order valence-corrected chi connectivity index (χ4v) is 3.35. The lowest BCUT2D eigenvalue weighted by molar-refractivity contribution is 0.0721. The minimum atomic E-state index is 0.0849. The number of hydrogen-bond acceptors (Lipinski definition) is 4. The number of likely N-dealkylation sites (tertiary alicyclic amines) is 1. The van der Waals surface area contributed by atoms with E-state index in [1.807, 2.05) is 57.7 Å². The summed E-state index contributed by atoms with van der Waals surface area (Å²) in [7, 11) is 0. The van der Waals surface area contributed by atoms with Crippen molar-refractivity contribution in [3.8, 4) is 5.69 Å². The van der Waals surface area contributed by atoms with Crippen LogP contribution in [-0.2, 0) is 6.54 Å². The summed E-state index contributed by atoms with van der Waals surface area (Å²) in [5, 5.41) is 12.0. The third-order valence-electron chi connectivity index (χ3n) is 4.63. The van der Waals surface area contributed by atoms with Crippen LogP contribution in [0.15, 0.2) is 49.3 Å². The third kappa shape index (κ3) is 3.17. The van der Waals surface area contributed by atoms with Gasteiger partial charge in [-0.05, 0) is 49.6 Å². The van der Waals surface area contributed by atoms with E-state index in [1.165, 1.54) is 0 Å². The van der Waals surface area contributed by atoms with Crippen molar-refractivity contribution in [2.24, 2.45) is 0 Å². The van der Waals surface area contributed by atoms with E-state index >= 15 is 0 Å². The maximum Gasteiger partial charge on any atom is 0.254 e. The Morgan fingerprint density at radius 2 is 1.96 bits per heavy atom. The van der Waals surface area contributed by atoms with Crippen molar-refractivity contribution >= 4 is 5.91 Å². The smallest absolute Gasteiger partial charge is 0.254 e. The van der Waals surface area contributed by atoms with E-state index in [4.69, 9.17) is 0 Å². The van der Waals surface area contributed by atoms with Gasteiger partial charge in [-0.1, -0.05) is 0 Å². The van der Waals surface area contributed by atoms with Crippen LogP contribution in [0, 0.1) is 6.92 Å². The zero-order valence-corrected chi connectivity index (χ0v) is 14.1. The summed E-state index contributed by atoms with van der Waals surface area (Å²) in [5.41, 5.74) is 2.78. The topological polar surface area (TPSA) is 68.8 Å². The van der Waals surface area contributed by atoms with E-state index in [2.05, 4.69) is 15.3 Å². The van der Waals surface area contributed by atoms with Gasteiger partial charge in [-0.2, -0.15) is 5.10 Å². The van der Waals surface area contributed by atoms with E-state index in [0.29, 0.717) is 5.56 Å². The molecule has 2 aromatic heterocycles. The number of nitrogens with zero attached hydrogens (tertiary/aromatic N) is 6. The zero-order chi connectivity index (χ0) is 17.2. The number of carbonyl (C=O) groups is 1. The van der Waals surface area contributed by atoms with Crippen LogP contribution < -0.4 is 0 Å². The van der Waals surface area contributed by atoms with Crippen LogP contribution in [0.3, 0.4) is 0 Å². The molecule has 1 unspecified atom stereocenters. The first kappa shape index (κ1) is 15.6. The second-order valence-corrected chi connectivity index (χ2v) is 6.45. The van der Waals surface area contributed by atoms with Gasteiger partial charge in [0.15, 0.2) is 0 Å². The molecule has 7 nitrogen and oxygen atoms in total. The van der Waals surface area contributed by atoms with Gasteiger partial charge in [0.25, 0.3) is 5.91 Å². The predicted octanol–water partition coefficient (Wildman–Crippen LogP) is 2.08. The van der Waals surface area contributed by atoms with Crippen molar-refractivity contribution in [2.75, 3.05) is 6.54 Å². The minimum Gasteiger partial charge on any atom is -0.334 e. The molecule has 1 fully saturated rings. The highest BCUT2D eigenvalue weighted by Gasteiger charge is 2.29. The van der Waals surface area contributed by atoms with Crippen molar-refractivity contribution < 1.29 is 4.79 Å². The van der Waals surface area contributed by atoms with Gasteiger partial charge >= 0.3 is 0 Å². The molecule has 7 heteroatoms. The van der Waals surface area contributed by atoms with Gasteiger partial charge in [-0.3, -0.25) is 14.0 Å². The number of rotatable bonds is 4. The summed E-state index contributed by atoms with van der Waals surface area (Å²) in [6.07, 6.45) is 9.21. The first-order chi connectivity index (χ1) is 12.2. The maximum atomic E-state index is 12.9. The Kier molecular flexibility index (Phi) is 4.05. The third-order valence-corrected chi connectivity index (χ3v) is 4.63. The Morgan fingerprint density at radius 1 is 1.20 bits per heavy atom. The lowest BCUT2D eigenvalue weighted by atomic mass is 10.1. The molecule has 1 aromatic carbocycles. The number of amides is 1. The predicted molar refractivity (Wildman–Crippen MR) is 92.4 cm³/mol. The largest absolute Gasteiger partial charge is 0.334 e. The number of carbonyl (C=O) groups excluding carboxylic acids is 1. The molecule has 0 bridgehead atoms. The molecule has 0 N–H and O–H groups in total. The molecule has 1 atom stereocenters. The van der Waals surface area contributed by atoms with Crippen LogP contribution in [0.4, 0.5) is 0 Å². The monoisotopic (exact) mass is 336 g/mol. The van der Waals surface area contributed by atoms with Gasteiger partial charge in [0.1, 0.15) is 12.7 Å². The van der Waals surface area contributed by atoms with Gasteiger partial charge in [0.2, 0.25) is 0 Å². The van der Waals surface area contributed by atoms with Crippen LogP contribution in [0.2, 0.25) is 0 Å². The van der Waals surface area contributed by atoms with E-state index < -0.39 is 0 Å². The number of aromatic nitrogens is 5. The molecule has 4 rings (SSSR count). The van der Waals surface area contributed by atoms with Crippen molar-refractivity contribution in [3.63, 3.8) is 0 Å². The quantitative estimate of drug-likeness (QED) is 0.731. The summed E-state index contributed by atoms with van der Waals surface area (Å²) < 4.78 is 3.74. The van der Waals surface area contributed by atoms with Gasteiger partial charge in [-0.25, -0.2) is 0 Å². The van der Waals surface area contributed by atoms with E-state index in [1.54, 1.807) is 12.7 Å². The first-order valence-electron chi connectivity index (χ1n) is 8.46. The van der Waals surface area contributed by atoms with Gasteiger partial charge in [-0.15, -0.1) is 10.2 Å². The molecular weight excluding hydrogens is 316 g/mol. The minimum absolute atomic E-state index is 0.0849. The number of benzene rings is 1. The summed E-state index contributed by atoms with van der Waals surface area (Å²) >= 11 is 0. The van der Waals surface area contributed by atoms with Crippen molar-refractivity contribution in [3.05, 3.63) is 60.4 Å². The molecule has 0 spiro atoms. The molecule has 1 amide bonds. The van der Waals surface area contributed by atoms with Crippen LogP contribution in [0.5, 0.6) is 0 Å². The molecule has 0 saturated carbocycles. The Morgan fingerprint density at radius 3 is 2.64 bits per heavy atom. The Labute approximate surface area is 145 Å². The van der Waals surface area contributed by atoms with Gasteiger partial charge in [0, 0.05) is 24.0 Å². The molecule has 1 aliphatic rings. The second kappa shape index (κ2) is 6.51. The number of hydrogen-bond donors (Lipinski definition) is 0. The summed E-state index contributed by atoms with van der Waals surface area (Å²) in [6.45, 7) is 3.58. The van der Waals surface area contributed by atoms with Crippen molar-refractivity contribution in [1.82, 2.24) is 29.4 Å². The highest BCUT2D eigenvalue weighted by atomic mass is 16.2. The lowest BCUT2D eigenvalue weighted by Gasteiger charge is -2.25. The molecule has 1 saturated heterocycles. The average Bonchev–Trinajstić information content (AvgIpc) is 3.37. The van der Waals surface area contributed by atoms with Gasteiger partial charge < -0.3 is 4.90 Å². The Hall–Kier alpha value is -2.96. The summed E-state index contributed by atoms with van der Waals surface area (Å²) in [5.74, 6) is 0.0849. The van der Waals surface area contributed by atoms with E-state index in [9.17, 15) is 4.79 Å². The lowest BCUT2D eigenvalue weighted by Crippen LogP contribution is -2.38. The number of aryl methyl sites for hydroxylation is 1. The highest BCUT2D eigenvalue weighted by molar-refractivity contribution is 5.94. The molecule has 0 radical (unpaired) electrons. The molecule has 3 heterocycles. The van der Waals surface area contributed by atoms with Crippen LogP contribution in [-0.4, -0.2) is 47.9 Å². The molecular formula is C18H20N6O. The van der Waals surface area contributed by atoms with Crippen molar-refractivity contribution in [1.29, 1.82) is 0 Å². The van der Waals surface area contributed by atoms with Gasteiger partial charge in [0.05, 0.1) is 18.8 Å². The summed E-state index contributed by atoms with van der Waals surface area (Å²) in [6, 6.07) is 7.76. The average molecular weight is 336 g/mol. The normalized spacial score (nSPS) is 17.2. The van der Waals surface area contributed by atoms with Crippen LogP contribution in [0.25, 0.3) is 5.69 Å². The maximum absolute atomic E-state index is 12.9. The molecule has 0 aliphatic carbocycles. The van der Waals surface area contributed by atoms with Crippen LogP contribution in [0.1, 0.15) is 28.8 Å². The highest BCUT2D eigenvalue weighted by Crippen LogP contribution is 2.22. The zero-order valence-electron chi connectivity index (χ0n) is 14.1. The SMILES string of the molecule is Cc1cnn(CC2CCCN2C(=O)c2ccc(-n3cnnc3)cc2)c1. The molecule has 1 aliphatic heterocycles. The first-order valence-corrected chi connectivity index (χ1v) is 8.46. The summed E-state index contributed by atoms with van der Waals surface area (Å²) in [4.78, 5) is 14.9. The van der Waals surface area contributed by atoms with Crippen LogP contribution >= 0.6 is 0 Å². The van der Waals surface area contributed by atoms with E-state index in [0.717, 1.165) is 37.2 Å². The Balaban J connectivity index is 1.49. The molecule has 25 heavy (non-hydrogen) atoms. The molecule has 128 valence electrons. The van der Waals surface area contributed by atoms with Crippen molar-refractivity contribution in [2.45, 2.75) is 32.4 Å². The fourth-order valence-electron chi connectivity index (χ4n) is 3.35. The van der Waals surface area contributed by atoms with E-state index in [-0.39, 0.29) is 11.9 Å². The second-order valence-electron chi connectivity index (χ2n) is 6.45. The molecule has 3 aromatic rings. The fraction of sp³-hybridized carbons (Fsp3) is 0.333. The standard InChI is InChI=1S/C18H20N6O/c1-14-9-21-23(10-14)11-17-3-2-8-24(17)18(25)15-4-6-16(7-5-15)22-12-19-20-13-22/h4-7,9-10,12-13,17H,2-3,8,11H2,1H3.